The van der Waals surface area contributed by atoms with Crippen molar-refractivity contribution in [2.24, 2.45) is 0 Å². The van der Waals surface area contributed by atoms with Crippen LogP contribution in [-0.2, 0) is 0 Å². The fourth-order valence-corrected chi connectivity index (χ4v) is 8.26. The second-order valence-electron chi connectivity index (χ2n) is 12.7. The van der Waals surface area contributed by atoms with Crippen LogP contribution in [0.5, 0.6) is 0 Å². The maximum absolute atomic E-state index is 5.48. The Balaban J connectivity index is 1.45. The third-order valence-corrected chi connectivity index (χ3v) is 10.2. The van der Waals surface area contributed by atoms with Gasteiger partial charge in [0.25, 0.3) is 0 Å². The lowest BCUT2D eigenvalue weighted by molar-refractivity contribution is 1.02. The molecule has 0 unspecified atom stereocenters. The number of fused-ring (bicyclic) bond motifs is 27. The van der Waals surface area contributed by atoms with Gasteiger partial charge in [-0.25, -0.2) is 28.2 Å². The fourth-order valence-electron chi connectivity index (χ4n) is 8.26. The van der Waals surface area contributed by atoms with Gasteiger partial charge in [0, 0.05) is 69.5 Å². The molecule has 0 aliphatic heterocycles. The van der Waals surface area contributed by atoms with Crippen LogP contribution >= 0.6 is 0 Å². The molecular weight excluding hydrogens is 637 g/mol. The molecule has 234 valence electrons. The molecular formula is C39H18N12. The first-order valence-corrected chi connectivity index (χ1v) is 16.5. The zero-order chi connectivity index (χ0) is 32.9. The van der Waals surface area contributed by atoms with Gasteiger partial charge in [-0.2, -0.15) is 0 Å². The van der Waals surface area contributed by atoms with Crippen LogP contribution in [0.15, 0.2) is 110 Å². The van der Waals surface area contributed by atoms with Crippen LogP contribution in [0.4, 0.5) is 0 Å². The lowest BCUT2D eigenvalue weighted by Gasteiger charge is -2.09. The molecule has 0 spiro atoms. The summed E-state index contributed by atoms with van der Waals surface area (Å²) in [5.74, 6) is 1.97. The highest BCUT2D eigenvalue weighted by atomic mass is 15.3. The SMILES string of the molecule is c1cnc2c(c1)c1nc3n(c1c1cccnc12)c1nc2c4cccnc4c4ncccc4c2n1c1nc2c4cccnc4c4ncccc4c2n31. The van der Waals surface area contributed by atoms with Crippen LogP contribution in [0.1, 0.15) is 0 Å². The number of rotatable bonds is 0. The number of benzene rings is 3. The van der Waals surface area contributed by atoms with E-state index in [9.17, 15) is 0 Å². The van der Waals surface area contributed by atoms with Crippen LogP contribution < -0.4 is 0 Å². The predicted molar refractivity (Wildman–Crippen MR) is 197 cm³/mol. The number of aromatic nitrogens is 12. The molecule has 0 saturated heterocycles. The molecule has 13 aromatic rings. The lowest BCUT2D eigenvalue weighted by atomic mass is 10.1. The Morgan fingerprint density at radius 2 is 0.510 bits per heavy atom. The van der Waals surface area contributed by atoms with E-state index < -0.39 is 0 Å². The Hall–Kier alpha value is -7.47. The molecule has 0 saturated carbocycles. The van der Waals surface area contributed by atoms with E-state index in [1.807, 2.05) is 55.0 Å². The maximum atomic E-state index is 5.48. The van der Waals surface area contributed by atoms with Crippen LogP contribution in [0.3, 0.4) is 0 Å². The molecule has 13 rings (SSSR count). The molecule has 51 heavy (non-hydrogen) atoms. The van der Waals surface area contributed by atoms with Crippen molar-refractivity contribution in [3.05, 3.63) is 110 Å². The summed E-state index contributed by atoms with van der Waals surface area (Å²) in [6.07, 6.45) is 10.8. The van der Waals surface area contributed by atoms with Gasteiger partial charge in [0.1, 0.15) is 16.6 Å². The van der Waals surface area contributed by atoms with E-state index in [4.69, 9.17) is 44.9 Å². The van der Waals surface area contributed by atoms with Crippen molar-refractivity contribution in [3.8, 4) is 0 Å². The zero-order valence-electron chi connectivity index (χ0n) is 26.3. The van der Waals surface area contributed by atoms with E-state index >= 15 is 0 Å². The van der Waals surface area contributed by atoms with Crippen LogP contribution in [0.2, 0.25) is 0 Å². The molecule has 0 radical (unpaired) electrons. The molecule has 0 fully saturated rings. The van der Waals surface area contributed by atoms with E-state index in [0.717, 1.165) is 98.5 Å². The van der Waals surface area contributed by atoms with Crippen molar-refractivity contribution in [2.75, 3.05) is 0 Å². The number of hydrogen-bond acceptors (Lipinski definition) is 9. The molecule has 0 N–H and O–H groups in total. The Bertz CT molecular complexity index is 3310. The van der Waals surface area contributed by atoms with Crippen molar-refractivity contribution in [1.29, 1.82) is 0 Å². The summed E-state index contributed by atoms with van der Waals surface area (Å²) >= 11 is 0. The summed E-state index contributed by atoms with van der Waals surface area (Å²) in [5.41, 5.74) is 9.80. The Morgan fingerprint density at radius 3 is 0.784 bits per heavy atom. The Kier molecular flexibility index (Phi) is 4.38. The summed E-state index contributed by atoms with van der Waals surface area (Å²) in [7, 11) is 0. The molecule has 10 aromatic heterocycles. The largest absolute Gasteiger partial charge is 0.254 e. The second kappa shape index (κ2) is 8.76. The maximum Gasteiger partial charge on any atom is 0.225 e. The van der Waals surface area contributed by atoms with E-state index in [-0.39, 0.29) is 0 Å². The third-order valence-electron chi connectivity index (χ3n) is 10.2. The minimum Gasteiger partial charge on any atom is -0.254 e. The van der Waals surface area contributed by atoms with Crippen molar-refractivity contribution >= 4 is 116 Å². The summed E-state index contributed by atoms with van der Waals surface area (Å²) in [6, 6.07) is 24.1. The van der Waals surface area contributed by atoms with Gasteiger partial charge in [0.2, 0.25) is 17.3 Å². The number of imidazole rings is 3. The summed E-state index contributed by atoms with van der Waals surface area (Å²) in [5, 5.41) is 5.47. The van der Waals surface area contributed by atoms with Crippen LogP contribution in [0, 0.1) is 0 Å². The van der Waals surface area contributed by atoms with E-state index in [1.54, 1.807) is 18.6 Å². The molecule has 0 amide bonds. The number of nitrogens with zero attached hydrogens (tertiary/aromatic N) is 12. The first-order valence-electron chi connectivity index (χ1n) is 16.5. The minimum atomic E-state index is 0.657. The molecule has 0 bridgehead atoms. The highest BCUT2D eigenvalue weighted by Crippen LogP contribution is 2.40. The van der Waals surface area contributed by atoms with Gasteiger partial charge < -0.3 is 0 Å². The zero-order valence-corrected chi connectivity index (χ0v) is 26.3. The molecule has 0 aliphatic carbocycles. The summed E-state index contributed by atoms with van der Waals surface area (Å²) < 4.78 is 6.46. The summed E-state index contributed by atoms with van der Waals surface area (Å²) in [4.78, 5) is 45.4. The van der Waals surface area contributed by atoms with Crippen molar-refractivity contribution in [2.45, 2.75) is 0 Å². The second-order valence-corrected chi connectivity index (χ2v) is 12.7. The van der Waals surface area contributed by atoms with Gasteiger partial charge in [-0.3, -0.25) is 29.9 Å². The predicted octanol–water partition coefficient (Wildman–Crippen LogP) is 7.38. The first-order chi connectivity index (χ1) is 25.3. The molecule has 0 aliphatic rings. The lowest BCUT2D eigenvalue weighted by Crippen LogP contribution is -2.04. The normalized spacial score (nSPS) is 12.7. The fraction of sp³-hybridized carbons (Fsp3) is 0. The van der Waals surface area contributed by atoms with E-state index in [1.165, 1.54) is 0 Å². The van der Waals surface area contributed by atoms with Crippen LogP contribution in [-0.4, -0.2) is 58.1 Å². The minimum absolute atomic E-state index is 0.657. The Morgan fingerprint density at radius 1 is 0.275 bits per heavy atom. The van der Waals surface area contributed by atoms with Gasteiger partial charge in [0.05, 0.1) is 49.7 Å². The van der Waals surface area contributed by atoms with Gasteiger partial charge in [-0.1, -0.05) is 0 Å². The third kappa shape index (κ3) is 2.93. The molecule has 12 heteroatoms. The molecule has 3 aromatic carbocycles. The smallest absolute Gasteiger partial charge is 0.225 e. The van der Waals surface area contributed by atoms with E-state index in [2.05, 4.69) is 49.6 Å². The molecule has 12 nitrogen and oxygen atoms in total. The van der Waals surface area contributed by atoms with Gasteiger partial charge >= 0.3 is 0 Å². The molecule has 10 heterocycles. The monoisotopic (exact) mass is 654 g/mol. The highest BCUT2D eigenvalue weighted by Gasteiger charge is 2.27. The average Bonchev–Trinajstić information content (AvgIpc) is 3.91. The first kappa shape index (κ1) is 25.5. The van der Waals surface area contributed by atoms with E-state index in [0.29, 0.717) is 17.3 Å². The topological polar surface area (TPSA) is 129 Å². The van der Waals surface area contributed by atoms with Gasteiger partial charge in [-0.15, -0.1) is 0 Å². The average molecular weight is 655 g/mol. The standard InChI is InChI=1S/C39H18N12/c1-7-19-25(40-13-1)28-22(10-4-16-43-28)34-31(19)46-37-49(34)38-47-33-21-9-3-15-42-27(21)30-24(12-6-18-45-30)36(33)51(38)39-48-32-20-8-2-14-41-26(20)29-23(11-5-17-44-29)35(32)50(37)39/h1-18H. The summed E-state index contributed by atoms with van der Waals surface area (Å²) in [6.45, 7) is 0. The molecule has 0 atom stereocenters. The van der Waals surface area contributed by atoms with Crippen molar-refractivity contribution < 1.29 is 0 Å². The van der Waals surface area contributed by atoms with Gasteiger partial charge in [-0.05, 0) is 72.8 Å². The van der Waals surface area contributed by atoms with Gasteiger partial charge in [0.15, 0.2) is 0 Å². The van der Waals surface area contributed by atoms with Crippen molar-refractivity contribution in [1.82, 2.24) is 58.1 Å². The van der Waals surface area contributed by atoms with Crippen molar-refractivity contribution in [3.63, 3.8) is 0 Å². The van der Waals surface area contributed by atoms with Crippen LogP contribution in [0.25, 0.3) is 116 Å². The quantitative estimate of drug-likeness (QED) is 0.154. The Labute approximate surface area is 283 Å². The highest BCUT2D eigenvalue weighted by molar-refractivity contribution is 6.25. The number of pyridine rings is 6. The number of hydrogen-bond donors (Lipinski definition) is 0.